The van der Waals surface area contributed by atoms with Crippen LogP contribution in [0.25, 0.3) is 0 Å². The van der Waals surface area contributed by atoms with Crippen LogP contribution in [0.1, 0.15) is 11.1 Å². The van der Waals surface area contributed by atoms with Gasteiger partial charge in [0.1, 0.15) is 6.04 Å². The monoisotopic (exact) mass is 510 g/mol. The summed E-state index contributed by atoms with van der Waals surface area (Å²) in [6.45, 7) is 0.0471. The number of nitrogens with one attached hydrogen (secondary N) is 1. The zero-order valence-corrected chi connectivity index (χ0v) is 20.2. The van der Waals surface area contributed by atoms with Crippen molar-refractivity contribution in [2.45, 2.75) is 19.0 Å². The van der Waals surface area contributed by atoms with E-state index in [-0.39, 0.29) is 25.0 Å². The normalized spacial score (nSPS) is 11.4. The van der Waals surface area contributed by atoms with E-state index in [1.54, 1.807) is 31.2 Å². The largest absolute Gasteiger partial charge is 0.493 e. The summed E-state index contributed by atoms with van der Waals surface area (Å²) in [6, 6.07) is 23.8. The molecular formula is C26H27BrN2O4. The summed E-state index contributed by atoms with van der Waals surface area (Å²) in [5.41, 5.74) is 1.87. The van der Waals surface area contributed by atoms with Gasteiger partial charge in [0, 0.05) is 24.5 Å². The number of benzene rings is 3. The molecule has 0 spiro atoms. The van der Waals surface area contributed by atoms with E-state index in [2.05, 4.69) is 21.2 Å². The summed E-state index contributed by atoms with van der Waals surface area (Å²) in [6.07, 6.45) is 0.386. The Morgan fingerprint density at radius 1 is 0.909 bits per heavy atom. The summed E-state index contributed by atoms with van der Waals surface area (Å²) in [5, 5.41) is 2.71. The van der Waals surface area contributed by atoms with Crippen molar-refractivity contribution in [3.63, 3.8) is 0 Å². The molecular weight excluding hydrogens is 484 g/mol. The topological polar surface area (TPSA) is 67.9 Å². The smallest absolute Gasteiger partial charge is 0.261 e. The first-order chi connectivity index (χ1) is 16.0. The lowest BCUT2D eigenvalue weighted by Crippen LogP contribution is -2.51. The molecule has 1 N–H and O–H groups in total. The Kier molecular flexibility index (Phi) is 8.89. The van der Waals surface area contributed by atoms with Crippen LogP contribution in [0, 0.1) is 0 Å². The maximum atomic E-state index is 13.4. The highest BCUT2D eigenvalue weighted by Crippen LogP contribution is 2.26. The molecule has 2 amide bonds. The van der Waals surface area contributed by atoms with E-state index < -0.39 is 6.04 Å². The number of nitrogens with zero attached hydrogens (tertiary/aromatic N) is 1. The molecule has 0 saturated carbocycles. The third kappa shape index (κ3) is 6.83. The molecule has 172 valence electrons. The van der Waals surface area contributed by atoms with Crippen LogP contribution in [-0.2, 0) is 22.6 Å². The summed E-state index contributed by atoms with van der Waals surface area (Å²) < 4.78 is 12.0. The first-order valence-electron chi connectivity index (χ1n) is 10.6. The van der Waals surface area contributed by atoms with E-state index >= 15 is 0 Å². The Hall–Kier alpha value is -3.32. The van der Waals surface area contributed by atoms with E-state index in [9.17, 15) is 9.59 Å². The zero-order valence-electron chi connectivity index (χ0n) is 18.7. The molecule has 0 saturated heterocycles. The highest BCUT2D eigenvalue weighted by Gasteiger charge is 2.30. The molecule has 0 heterocycles. The predicted octanol–water partition coefficient (Wildman–Crippen LogP) is 4.22. The van der Waals surface area contributed by atoms with Crippen LogP contribution in [0.2, 0.25) is 0 Å². The van der Waals surface area contributed by atoms with Gasteiger partial charge in [-0.05, 0) is 35.4 Å². The summed E-state index contributed by atoms with van der Waals surface area (Å²) in [7, 11) is 3.12. The number of hydrogen-bond acceptors (Lipinski definition) is 4. The van der Waals surface area contributed by atoms with Crippen molar-refractivity contribution in [3.8, 4) is 11.5 Å². The number of methoxy groups -OCH3 is 1. The molecule has 0 bridgehead atoms. The Balaban J connectivity index is 1.87. The first kappa shape index (κ1) is 24.3. The number of hydrogen-bond donors (Lipinski definition) is 1. The van der Waals surface area contributed by atoms with Gasteiger partial charge in [-0.25, -0.2) is 0 Å². The fraction of sp³-hybridized carbons (Fsp3) is 0.231. The van der Waals surface area contributed by atoms with E-state index in [0.29, 0.717) is 17.9 Å². The average Bonchev–Trinajstić information content (AvgIpc) is 2.86. The summed E-state index contributed by atoms with van der Waals surface area (Å²) in [4.78, 5) is 27.9. The lowest BCUT2D eigenvalue weighted by molar-refractivity contribution is -0.142. The SMILES string of the molecule is CNC(=O)[C@H](Cc1ccccc1)N(Cc1ccc(Br)cc1)C(=O)COc1ccccc1OC. The van der Waals surface area contributed by atoms with E-state index in [0.717, 1.165) is 15.6 Å². The Morgan fingerprint density at radius 2 is 1.55 bits per heavy atom. The second kappa shape index (κ2) is 12.1. The van der Waals surface area contributed by atoms with Crippen molar-refractivity contribution in [1.82, 2.24) is 10.2 Å². The lowest BCUT2D eigenvalue weighted by Gasteiger charge is -2.31. The van der Waals surface area contributed by atoms with Gasteiger partial charge in [-0.15, -0.1) is 0 Å². The van der Waals surface area contributed by atoms with Crippen molar-refractivity contribution in [2.24, 2.45) is 0 Å². The molecule has 3 rings (SSSR count). The van der Waals surface area contributed by atoms with E-state index in [1.807, 2.05) is 66.7 Å². The van der Waals surface area contributed by atoms with Crippen molar-refractivity contribution in [3.05, 3.63) is 94.5 Å². The van der Waals surface area contributed by atoms with Crippen LogP contribution < -0.4 is 14.8 Å². The minimum Gasteiger partial charge on any atom is -0.493 e. The number of para-hydroxylation sites is 2. The third-order valence-electron chi connectivity index (χ3n) is 5.20. The fourth-order valence-electron chi connectivity index (χ4n) is 3.47. The molecule has 7 heteroatoms. The van der Waals surface area contributed by atoms with E-state index in [4.69, 9.17) is 9.47 Å². The molecule has 6 nitrogen and oxygen atoms in total. The van der Waals surface area contributed by atoms with Crippen LogP contribution in [0.15, 0.2) is 83.3 Å². The van der Waals surface area contributed by atoms with Gasteiger partial charge >= 0.3 is 0 Å². The number of amides is 2. The summed E-state index contributed by atoms with van der Waals surface area (Å²) in [5.74, 6) is 0.475. The Bertz CT molecular complexity index is 1060. The highest BCUT2D eigenvalue weighted by atomic mass is 79.9. The van der Waals surface area contributed by atoms with Crippen molar-refractivity contribution < 1.29 is 19.1 Å². The molecule has 0 aliphatic rings. The molecule has 0 aliphatic heterocycles. The quantitative estimate of drug-likeness (QED) is 0.443. The first-order valence-corrected chi connectivity index (χ1v) is 11.4. The second-order valence-electron chi connectivity index (χ2n) is 7.41. The zero-order chi connectivity index (χ0) is 23.6. The number of halogens is 1. The van der Waals surface area contributed by atoms with Gasteiger partial charge in [-0.3, -0.25) is 9.59 Å². The molecule has 3 aromatic carbocycles. The van der Waals surface area contributed by atoms with Crippen molar-refractivity contribution >= 4 is 27.7 Å². The molecule has 33 heavy (non-hydrogen) atoms. The molecule has 0 aromatic heterocycles. The molecule has 0 aliphatic carbocycles. The number of rotatable bonds is 10. The molecule has 0 unspecified atom stereocenters. The van der Waals surface area contributed by atoms with Gasteiger partial charge in [-0.2, -0.15) is 0 Å². The van der Waals surface area contributed by atoms with Gasteiger partial charge in [0.05, 0.1) is 7.11 Å². The fourth-order valence-corrected chi connectivity index (χ4v) is 3.73. The number of likely N-dealkylation sites (N-methyl/N-ethyl adjacent to an activating group) is 1. The number of carbonyl (C=O) groups is 2. The Morgan fingerprint density at radius 3 is 2.18 bits per heavy atom. The molecule has 0 fully saturated rings. The molecule has 1 atom stereocenters. The van der Waals surface area contributed by atoms with Crippen LogP contribution >= 0.6 is 15.9 Å². The summed E-state index contributed by atoms with van der Waals surface area (Å²) >= 11 is 3.44. The van der Waals surface area contributed by atoms with Crippen LogP contribution in [0.5, 0.6) is 11.5 Å². The van der Waals surface area contributed by atoms with Crippen molar-refractivity contribution in [2.75, 3.05) is 20.8 Å². The van der Waals surface area contributed by atoms with Gasteiger partial charge in [0.25, 0.3) is 5.91 Å². The minimum absolute atomic E-state index is 0.223. The van der Waals surface area contributed by atoms with Gasteiger partial charge in [0.15, 0.2) is 18.1 Å². The van der Waals surface area contributed by atoms with E-state index in [1.165, 1.54) is 0 Å². The third-order valence-corrected chi connectivity index (χ3v) is 5.73. The van der Waals surface area contributed by atoms with Gasteiger partial charge in [0.2, 0.25) is 5.91 Å². The number of ether oxygens (including phenoxy) is 2. The minimum atomic E-state index is -0.699. The van der Waals surface area contributed by atoms with Crippen LogP contribution in [0.4, 0.5) is 0 Å². The standard InChI is InChI=1S/C26H27BrN2O4/c1-28-26(31)22(16-19-8-4-3-5-9-19)29(17-20-12-14-21(27)15-13-20)25(30)18-33-24-11-7-6-10-23(24)32-2/h3-15,22H,16-18H2,1-2H3,(H,28,31)/t22-/m0/s1. The van der Waals surface area contributed by atoms with Gasteiger partial charge < -0.3 is 19.7 Å². The second-order valence-corrected chi connectivity index (χ2v) is 8.32. The maximum absolute atomic E-state index is 13.4. The Labute approximate surface area is 202 Å². The maximum Gasteiger partial charge on any atom is 0.261 e. The van der Waals surface area contributed by atoms with Crippen LogP contribution in [-0.4, -0.2) is 43.5 Å². The molecule has 0 radical (unpaired) electrons. The molecule has 3 aromatic rings. The van der Waals surface area contributed by atoms with Crippen LogP contribution in [0.3, 0.4) is 0 Å². The van der Waals surface area contributed by atoms with Crippen molar-refractivity contribution in [1.29, 1.82) is 0 Å². The highest BCUT2D eigenvalue weighted by molar-refractivity contribution is 9.10. The predicted molar refractivity (Wildman–Crippen MR) is 131 cm³/mol. The average molecular weight is 511 g/mol. The van der Waals surface area contributed by atoms with Gasteiger partial charge in [-0.1, -0.05) is 70.5 Å². The lowest BCUT2D eigenvalue weighted by atomic mass is 10.0. The number of carbonyl (C=O) groups excluding carboxylic acids is 2.